The summed E-state index contributed by atoms with van der Waals surface area (Å²) < 4.78 is 0. The van der Waals surface area contributed by atoms with Crippen LogP contribution in [0.1, 0.15) is 36.5 Å². The number of unbranched alkanes of at least 4 members (excludes halogenated alkanes) is 1. The summed E-state index contributed by atoms with van der Waals surface area (Å²) in [5.74, 6) is 0.642. The lowest BCUT2D eigenvalue weighted by atomic mass is 10.1. The highest BCUT2D eigenvalue weighted by molar-refractivity contribution is 7.98. The van der Waals surface area contributed by atoms with E-state index in [1.54, 1.807) is 35.8 Å². The van der Waals surface area contributed by atoms with Crippen molar-refractivity contribution < 1.29 is 9.59 Å². The Bertz CT molecular complexity index is 465. The topological polar surface area (TPSA) is 49.4 Å². The molecule has 0 aliphatic rings. The third-order valence-electron chi connectivity index (χ3n) is 3.47. The maximum Gasteiger partial charge on any atom is 0.251 e. The summed E-state index contributed by atoms with van der Waals surface area (Å²) in [5.41, 5.74) is 0.584. The zero-order chi connectivity index (χ0) is 16.4. The molecule has 0 aromatic heterocycles. The van der Waals surface area contributed by atoms with E-state index in [9.17, 15) is 9.59 Å². The maximum absolute atomic E-state index is 12.5. The molecule has 0 bridgehead atoms. The Hall–Kier alpha value is -1.49. The molecule has 1 N–H and O–H groups in total. The van der Waals surface area contributed by atoms with Gasteiger partial charge >= 0.3 is 0 Å². The van der Waals surface area contributed by atoms with Crippen LogP contribution >= 0.6 is 11.8 Å². The van der Waals surface area contributed by atoms with E-state index in [-0.39, 0.29) is 11.8 Å². The Morgan fingerprint density at radius 2 is 1.95 bits per heavy atom. The third kappa shape index (κ3) is 6.10. The number of carbonyl (C=O) groups is 2. The molecule has 0 saturated heterocycles. The molecule has 1 aromatic carbocycles. The third-order valence-corrected chi connectivity index (χ3v) is 4.12. The van der Waals surface area contributed by atoms with Gasteiger partial charge in [-0.1, -0.05) is 31.5 Å². The van der Waals surface area contributed by atoms with Crippen molar-refractivity contribution in [3.8, 4) is 0 Å². The fraction of sp³-hybridized carbons (Fsp3) is 0.529. The smallest absolute Gasteiger partial charge is 0.251 e. The van der Waals surface area contributed by atoms with Crippen LogP contribution in [0.15, 0.2) is 30.3 Å². The molecule has 22 heavy (non-hydrogen) atoms. The fourth-order valence-corrected chi connectivity index (χ4v) is 2.57. The molecular formula is C17H26N2O2S. The lowest BCUT2D eigenvalue weighted by Crippen LogP contribution is -2.47. The van der Waals surface area contributed by atoms with Gasteiger partial charge in [0.2, 0.25) is 5.91 Å². The normalized spacial score (nSPS) is 11.8. The zero-order valence-corrected chi connectivity index (χ0v) is 14.5. The molecule has 0 aliphatic heterocycles. The number of rotatable bonds is 9. The predicted molar refractivity (Wildman–Crippen MR) is 93.2 cm³/mol. The minimum absolute atomic E-state index is 0.00761. The molecule has 122 valence electrons. The van der Waals surface area contributed by atoms with Gasteiger partial charge in [0.1, 0.15) is 6.04 Å². The van der Waals surface area contributed by atoms with Crippen molar-refractivity contribution in [2.75, 3.05) is 25.6 Å². The quantitative estimate of drug-likeness (QED) is 0.760. The van der Waals surface area contributed by atoms with Gasteiger partial charge in [0.15, 0.2) is 0 Å². The highest BCUT2D eigenvalue weighted by atomic mass is 32.2. The summed E-state index contributed by atoms with van der Waals surface area (Å²) in [5, 5.41) is 2.88. The summed E-state index contributed by atoms with van der Waals surface area (Å²) in [6.07, 6.45) is 4.67. The Kier molecular flexibility index (Phi) is 8.67. The summed E-state index contributed by atoms with van der Waals surface area (Å²) in [4.78, 5) is 26.5. The van der Waals surface area contributed by atoms with E-state index in [0.29, 0.717) is 12.0 Å². The summed E-state index contributed by atoms with van der Waals surface area (Å²) in [6.45, 7) is 2.83. The molecule has 1 unspecified atom stereocenters. The largest absolute Gasteiger partial charge is 0.344 e. The lowest BCUT2D eigenvalue weighted by Gasteiger charge is -2.24. The minimum Gasteiger partial charge on any atom is -0.344 e. The van der Waals surface area contributed by atoms with Crippen molar-refractivity contribution >= 4 is 23.6 Å². The molecule has 4 nitrogen and oxygen atoms in total. The average molecular weight is 322 g/mol. The van der Waals surface area contributed by atoms with Crippen LogP contribution in [0.3, 0.4) is 0 Å². The second-order valence-corrected chi connectivity index (χ2v) is 6.27. The molecule has 1 atom stereocenters. The Morgan fingerprint density at radius 3 is 2.55 bits per heavy atom. The van der Waals surface area contributed by atoms with Gasteiger partial charge in [-0.2, -0.15) is 11.8 Å². The number of nitrogens with zero attached hydrogens (tertiary/aromatic N) is 1. The van der Waals surface area contributed by atoms with Crippen molar-refractivity contribution in [3.05, 3.63) is 35.9 Å². The van der Waals surface area contributed by atoms with Crippen LogP contribution in [0.2, 0.25) is 0 Å². The number of thioether (sulfide) groups is 1. The van der Waals surface area contributed by atoms with Crippen molar-refractivity contribution in [2.24, 2.45) is 0 Å². The number of likely N-dealkylation sites (N-methyl/N-ethyl adjacent to an activating group) is 1. The van der Waals surface area contributed by atoms with Gasteiger partial charge in [-0.15, -0.1) is 0 Å². The van der Waals surface area contributed by atoms with Crippen LogP contribution in [-0.4, -0.2) is 48.4 Å². The summed E-state index contributed by atoms with van der Waals surface area (Å²) >= 11 is 1.68. The molecule has 5 heteroatoms. The predicted octanol–water partition coefficient (Wildman–Crippen LogP) is 2.80. The van der Waals surface area contributed by atoms with E-state index in [1.165, 1.54) is 0 Å². The zero-order valence-electron chi connectivity index (χ0n) is 13.7. The van der Waals surface area contributed by atoms with Gasteiger partial charge in [-0.25, -0.2) is 0 Å². The second kappa shape index (κ2) is 10.3. The molecule has 0 saturated carbocycles. The highest BCUT2D eigenvalue weighted by Gasteiger charge is 2.23. The van der Waals surface area contributed by atoms with Gasteiger partial charge in [0.05, 0.1) is 0 Å². The van der Waals surface area contributed by atoms with Gasteiger partial charge in [0.25, 0.3) is 5.91 Å². The lowest BCUT2D eigenvalue weighted by molar-refractivity contribution is -0.132. The number of benzene rings is 1. The SMILES string of the molecule is CCCCN(C)C(=O)C(CCSC)NC(=O)c1ccccc1. The summed E-state index contributed by atoms with van der Waals surface area (Å²) in [6, 6.07) is 8.56. The van der Waals surface area contributed by atoms with E-state index in [4.69, 9.17) is 0 Å². The first-order chi connectivity index (χ1) is 10.6. The van der Waals surface area contributed by atoms with Crippen LogP contribution in [-0.2, 0) is 4.79 Å². The molecule has 0 fully saturated rings. The molecular weight excluding hydrogens is 296 g/mol. The number of hydrogen-bond acceptors (Lipinski definition) is 3. The van der Waals surface area contributed by atoms with Crippen LogP contribution in [0, 0.1) is 0 Å². The molecule has 0 aliphatic carbocycles. The molecule has 2 amide bonds. The minimum atomic E-state index is -0.456. The molecule has 1 aromatic rings. The van der Waals surface area contributed by atoms with Crippen LogP contribution < -0.4 is 5.32 Å². The number of amides is 2. The molecule has 0 spiro atoms. The first-order valence-corrected chi connectivity index (χ1v) is 9.09. The van der Waals surface area contributed by atoms with E-state index >= 15 is 0 Å². The van der Waals surface area contributed by atoms with Crippen LogP contribution in [0.5, 0.6) is 0 Å². The van der Waals surface area contributed by atoms with Gasteiger partial charge in [-0.05, 0) is 37.0 Å². The first-order valence-electron chi connectivity index (χ1n) is 7.70. The number of nitrogens with one attached hydrogen (secondary N) is 1. The standard InChI is InChI=1S/C17H26N2O2S/c1-4-5-12-19(2)17(21)15(11-13-22-3)18-16(20)14-9-7-6-8-10-14/h6-10,15H,4-5,11-13H2,1-3H3,(H,18,20). The van der Waals surface area contributed by atoms with Crippen molar-refractivity contribution in [3.63, 3.8) is 0 Å². The summed E-state index contributed by atoms with van der Waals surface area (Å²) in [7, 11) is 1.80. The Morgan fingerprint density at radius 1 is 1.27 bits per heavy atom. The van der Waals surface area contributed by atoms with E-state index in [1.807, 2.05) is 24.5 Å². The number of hydrogen-bond donors (Lipinski definition) is 1. The van der Waals surface area contributed by atoms with Gasteiger partial charge < -0.3 is 10.2 Å². The maximum atomic E-state index is 12.5. The Balaban J connectivity index is 2.71. The second-order valence-electron chi connectivity index (χ2n) is 5.29. The fourth-order valence-electron chi connectivity index (χ4n) is 2.10. The van der Waals surface area contributed by atoms with Crippen molar-refractivity contribution in [1.82, 2.24) is 10.2 Å². The monoisotopic (exact) mass is 322 g/mol. The van der Waals surface area contributed by atoms with Gasteiger partial charge in [-0.3, -0.25) is 9.59 Å². The van der Waals surface area contributed by atoms with E-state index in [2.05, 4.69) is 12.2 Å². The van der Waals surface area contributed by atoms with E-state index in [0.717, 1.165) is 25.1 Å². The molecule has 0 radical (unpaired) electrons. The number of carbonyl (C=O) groups excluding carboxylic acids is 2. The average Bonchev–Trinajstić information content (AvgIpc) is 2.56. The van der Waals surface area contributed by atoms with E-state index < -0.39 is 6.04 Å². The van der Waals surface area contributed by atoms with Crippen molar-refractivity contribution in [2.45, 2.75) is 32.2 Å². The van der Waals surface area contributed by atoms with Gasteiger partial charge in [0, 0.05) is 19.2 Å². The first kappa shape index (κ1) is 18.6. The molecule has 1 rings (SSSR count). The van der Waals surface area contributed by atoms with Crippen LogP contribution in [0.4, 0.5) is 0 Å². The van der Waals surface area contributed by atoms with Crippen LogP contribution in [0.25, 0.3) is 0 Å². The Labute approximate surface area is 137 Å². The highest BCUT2D eigenvalue weighted by Crippen LogP contribution is 2.07. The van der Waals surface area contributed by atoms with Crippen molar-refractivity contribution in [1.29, 1.82) is 0 Å². The molecule has 0 heterocycles.